The maximum atomic E-state index is 12.4. The van der Waals surface area contributed by atoms with Crippen molar-refractivity contribution in [1.82, 2.24) is 16.0 Å². The summed E-state index contributed by atoms with van der Waals surface area (Å²) in [6.07, 6.45) is 1.15. The quantitative estimate of drug-likeness (QED) is 0.164. The lowest BCUT2D eigenvalue weighted by molar-refractivity contribution is -0.122. The highest BCUT2D eigenvalue weighted by Crippen LogP contribution is 2.29. The van der Waals surface area contributed by atoms with E-state index in [0.717, 1.165) is 18.5 Å². The number of phenols is 1. The molecule has 0 atom stereocenters. The lowest BCUT2D eigenvalue weighted by atomic mass is 10.1. The first-order chi connectivity index (χ1) is 18.7. The van der Waals surface area contributed by atoms with Gasteiger partial charge in [-0.3, -0.25) is 9.59 Å². The Bertz CT molecular complexity index is 1040. The second-order valence-corrected chi connectivity index (χ2v) is 9.86. The van der Waals surface area contributed by atoms with Crippen molar-refractivity contribution in [3.8, 4) is 5.75 Å². The van der Waals surface area contributed by atoms with Crippen molar-refractivity contribution in [3.05, 3.63) is 53.6 Å². The number of benzene rings is 2. The number of phenolic OH excluding ortho intramolecular Hbond substituents is 1. The fraction of sp³-hybridized carbons (Fsp3) is 0.517. The molecule has 2 aromatic rings. The van der Waals surface area contributed by atoms with Crippen LogP contribution in [0.25, 0.3) is 0 Å². The van der Waals surface area contributed by atoms with Crippen molar-refractivity contribution in [2.75, 3.05) is 46.1 Å². The summed E-state index contributed by atoms with van der Waals surface area (Å²) in [7, 11) is 0. The molecule has 2 amide bonds. The summed E-state index contributed by atoms with van der Waals surface area (Å²) < 4.78 is 10.9. The Hall–Kier alpha value is -3.34. The summed E-state index contributed by atoms with van der Waals surface area (Å²) in [5.41, 5.74) is 2.52. The van der Waals surface area contributed by atoms with Gasteiger partial charge in [0.2, 0.25) is 5.91 Å². The monoisotopic (exact) mass is 541 g/mol. The molecule has 2 aromatic carbocycles. The van der Waals surface area contributed by atoms with Crippen LogP contribution in [0.3, 0.4) is 0 Å². The number of azo groups is 1. The lowest BCUT2D eigenvalue weighted by Crippen LogP contribution is -2.28. The summed E-state index contributed by atoms with van der Waals surface area (Å²) in [6.45, 7) is 11.6. The number of ether oxygens (including phenoxy) is 2. The van der Waals surface area contributed by atoms with Gasteiger partial charge >= 0.3 is 0 Å². The molecular weight excluding hydrogens is 498 g/mol. The number of hydrogen-bond donors (Lipinski definition) is 4. The third-order valence-corrected chi connectivity index (χ3v) is 5.49. The second kappa shape index (κ2) is 18.0. The van der Waals surface area contributed by atoms with E-state index in [1.165, 1.54) is 0 Å². The van der Waals surface area contributed by atoms with Gasteiger partial charge in [0.25, 0.3) is 5.91 Å². The fourth-order valence-electron chi connectivity index (χ4n) is 3.33. The molecule has 0 aliphatic heterocycles. The molecule has 0 aliphatic rings. The van der Waals surface area contributed by atoms with Gasteiger partial charge in [-0.2, -0.15) is 5.11 Å². The van der Waals surface area contributed by atoms with E-state index in [1.807, 2.05) is 26.0 Å². The second-order valence-electron chi connectivity index (χ2n) is 9.86. The first-order valence-electron chi connectivity index (χ1n) is 13.5. The molecule has 10 heteroatoms. The number of carbonyl (C=O) groups excluding carboxylic acids is 2. The summed E-state index contributed by atoms with van der Waals surface area (Å²) in [4.78, 5) is 24.0. The van der Waals surface area contributed by atoms with Crippen molar-refractivity contribution in [2.24, 2.45) is 16.1 Å². The van der Waals surface area contributed by atoms with Gasteiger partial charge in [0.1, 0.15) is 11.4 Å². The van der Waals surface area contributed by atoms with Crippen LogP contribution in [-0.4, -0.2) is 69.0 Å². The van der Waals surface area contributed by atoms with Crippen molar-refractivity contribution >= 4 is 23.2 Å². The average molecular weight is 542 g/mol. The Morgan fingerprint density at radius 1 is 0.872 bits per heavy atom. The van der Waals surface area contributed by atoms with E-state index in [1.54, 1.807) is 30.3 Å². The molecule has 0 saturated carbocycles. The fourth-order valence-corrected chi connectivity index (χ4v) is 3.33. The number of nitrogens with one attached hydrogen (secondary N) is 3. The highest BCUT2D eigenvalue weighted by Gasteiger charge is 2.06. The van der Waals surface area contributed by atoms with Gasteiger partial charge in [-0.05, 0) is 60.8 Å². The average Bonchev–Trinajstić information content (AvgIpc) is 2.91. The summed E-state index contributed by atoms with van der Waals surface area (Å²) >= 11 is 0. The molecular formula is C29H43N5O5. The number of hydrogen-bond acceptors (Lipinski definition) is 8. The molecule has 10 nitrogen and oxygen atoms in total. The largest absolute Gasteiger partial charge is 0.506 e. The molecule has 0 fully saturated rings. The zero-order valence-electron chi connectivity index (χ0n) is 23.5. The van der Waals surface area contributed by atoms with Crippen LogP contribution in [0.15, 0.2) is 52.7 Å². The van der Waals surface area contributed by atoms with Crippen LogP contribution >= 0.6 is 0 Å². The molecule has 214 valence electrons. The van der Waals surface area contributed by atoms with Gasteiger partial charge in [0.05, 0.1) is 32.1 Å². The molecule has 0 heterocycles. The molecule has 0 bridgehead atoms. The van der Waals surface area contributed by atoms with Crippen LogP contribution in [0.2, 0.25) is 0 Å². The number of amides is 2. The number of carbonyl (C=O) groups is 2. The molecule has 0 saturated heterocycles. The Morgan fingerprint density at radius 2 is 1.59 bits per heavy atom. The number of aromatic hydroxyl groups is 1. The van der Waals surface area contributed by atoms with Crippen LogP contribution in [0, 0.1) is 5.92 Å². The first-order valence-corrected chi connectivity index (χ1v) is 13.5. The number of rotatable bonds is 18. The van der Waals surface area contributed by atoms with Gasteiger partial charge in [0.15, 0.2) is 0 Å². The van der Waals surface area contributed by atoms with Crippen LogP contribution < -0.4 is 16.0 Å². The predicted octanol–water partition coefficient (Wildman–Crippen LogP) is 4.27. The Morgan fingerprint density at radius 3 is 2.28 bits per heavy atom. The Balaban J connectivity index is 1.65. The lowest BCUT2D eigenvalue weighted by Gasteiger charge is -2.09. The van der Waals surface area contributed by atoms with E-state index in [2.05, 4.69) is 40.0 Å². The summed E-state index contributed by atoms with van der Waals surface area (Å²) in [6, 6.07) is 12.5. The third kappa shape index (κ3) is 13.9. The van der Waals surface area contributed by atoms with Gasteiger partial charge in [0, 0.05) is 31.1 Å². The first kappa shape index (κ1) is 31.9. The summed E-state index contributed by atoms with van der Waals surface area (Å²) in [5, 5.41) is 27.5. The molecule has 0 aliphatic carbocycles. The third-order valence-electron chi connectivity index (χ3n) is 5.49. The van der Waals surface area contributed by atoms with Crippen LogP contribution in [0.4, 0.5) is 11.4 Å². The normalized spacial score (nSPS) is 11.4. The zero-order chi connectivity index (χ0) is 28.5. The molecule has 39 heavy (non-hydrogen) atoms. The van der Waals surface area contributed by atoms with Gasteiger partial charge in [-0.25, -0.2) is 0 Å². The van der Waals surface area contributed by atoms with E-state index < -0.39 is 0 Å². The van der Waals surface area contributed by atoms with Crippen LogP contribution in [0.5, 0.6) is 5.75 Å². The van der Waals surface area contributed by atoms with Gasteiger partial charge < -0.3 is 30.5 Å². The van der Waals surface area contributed by atoms with Crippen molar-refractivity contribution in [3.63, 3.8) is 0 Å². The topological polar surface area (TPSA) is 134 Å². The van der Waals surface area contributed by atoms with E-state index in [-0.39, 0.29) is 17.6 Å². The van der Waals surface area contributed by atoms with E-state index >= 15 is 0 Å². The predicted molar refractivity (Wildman–Crippen MR) is 152 cm³/mol. The molecule has 4 N–H and O–H groups in total. The highest BCUT2D eigenvalue weighted by atomic mass is 16.5. The van der Waals surface area contributed by atoms with Gasteiger partial charge in [-0.15, -0.1) is 5.11 Å². The smallest absolute Gasteiger partial charge is 0.251 e. The zero-order valence-corrected chi connectivity index (χ0v) is 23.5. The standard InChI is InChI=1S/C29H43N5O5/c1-21(2)20-32-28(36)12-15-38-17-18-39-16-14-31-29(37)24-6-8-25(9-7-24)33-34-26-19-23(5-10-27(26)35)11-13-30-22(3)4/h5-10,19,21-22,30,35H,11-18,20H2,1-4H3,(H,31,37)(H,32,36). The maximum Gasteiger partial charge on any atom is 0.251 e. The molecule has 0 aromatic heterocycles. The molecule has 0 spiro atoms. The minimum atomic E-state index is -0.217. The van der Waals surface area contributed by atoms with Crippen molar-refractivity contribution < 1.29 is 24.2 Å². The van der Waals surface area contributed by atoms with E-state index in [9.17, 15) is 14.7 Å². The minimum absolute atomic E-state index is 0.0154. The van der Waals surface area contributed by atoms with Crippen LogP contribution in [0.1, 0.15) is 50.0 Å². The van der Waals surface area contributed by atoms with E-state index in [0.29, 0.717) is 74.8 Å². The SMILES string of the molecule is CC(C)CNC(=O)CCOCCOCCNC(=O)c1ccc(N=Nc2cc(CCNC(C)C)ccc2O)cc1. The van der Waals surface area contributed by atoms with E-state index in [4.69, 9.17) is 9.47 Å². The Labute approximate surface area is 231 Å². The van der Waals surface area contributed by atoms with Crippen molar-refractivity contribution in [1.29, 1.82) is 0 Å². The molecule has 2 rings (SSSR count). The van der Waals surface area contributed by atoms with Crippen molar-refractivity contribution in [2.45, 2.75) is 46.6 Å². The molecule has 0 unspecified atom stereocenters. The maximum absolute atomic E-state index is 12.4. The minimum Gasteiger partial charge on any atom is -0.506 e. The molecule has 0 radical (unpaired) electrons. The Kier molecular flexibility index (Phi) is 14.7. The highest BCUT2D eigenvalue weighted by molar-refractivity contribution is 5.94. The summed E-state index contributed by atoms with van der Waals surface area (Å²) in [5.74, 6) is 0.255. The number of nitrogens with zero attached hydrogens (tertiary/aromatic N) is 2. The van der Waals surface area contributed by atoms with Gasteiger partial charge in [-0.1, -0.05) is 33.8 Å². The van der Waals surface area contributed by atoms with Crippen LogP contribution in [-0.2, 0) is 20.7 Å².